The van der Waals surface area contributed by atoms with Crippen molar-refractivity contribution >= 4 is 16.8 Å². The minimum atomic E-state index is -1.29. The van der Waals surface area contributed by atoms with E-state index in [-0.39, 0.29) is 17.6 Å². The Kier molecular flexibility index (Phi) is 5.61. The molecule has 0 spiro atoms. The van der Waals surface area contributed by atoms with Crippen LogP contribution in [0.2, 0.25) is 0 Å². The molecule has 6 heteroatoms. The molecule has 0 amide bonds. The lowest BCUT2D eigenvalue weighted by atomic mass is 10.3. The zero-order valence-corrected chi connectivity index (χ0v) is 13.1. The van der Waals surface area contributed by atoms with Crippen molar-refractivity contribution in [1.29, 1.82) is 0 Å². The molecule has 2 unspecified atom stereocenters. The highest BCUT2D eigenvalue weighted by Gasteiger charge is 2.20. The number of esters is 1. The van der Waals surface area contributed by atoms with Crippen LogP contribution in [0.5, 0.6) is 11.5 Å². The smallest absolute Gasteiger partial charge is 0.306 e. The molecule has 0 N–H and O–H groups in total. The van der Waals surface area contributed by atoms with E-state index < -0.39 is 10.8 Å². The molecule has 116 valence electrons. The SMILES string of the molecule is CCOC(=O)CC(C)S(=O)c1ccc2c(c1)OCCCO2. The molecule has 5 nitrogen and oxygen atoms in total. The van der Waals surface area contributed by atoms with E-state index in [1.54, 1.807) is 32.0 Å². The van der Waals surface area contributed by atoms with Gasteiger partial charge < -0.3 is 14.2 Å². The summed E-state index contributed by atoms with van der Waals surface area (Å²) in [6.45, 7) is 5.07. The molecule has 2 atom stereocenters. The summed E-state index contributed by atoms with van der Waals surface area (Å²) in [6.07, 6.45) is 0.960. The second kappa shape index (κ2) is 7.45. The molecule has 2 rings (SSSR count). The maximum absolute atomic E-state index is 12.5. The van der Waals surface area contributed by atoms with Crippen molar-refractivity contribution in [3.8, 4) is 11.5 Å². The van der Waals surface area contributed by atoms with Gasteiger partial charge in [-0.05, 0) is 26.0 Å². The maximum Gasteiger partial charge on any atom is 0.306 e. The van der Waals surface area contributed by atoms with Gasteiger partial charge >= 0.3 is 5.97 Å². The third kappa shape index (κ3) is 4.20. The first kappa shape index (κ1) is 15.8. The highest BCUT2D eigenvalue weighted by Crippen LogP contribution is 2.32. The third-order valence-corrected chi connectivity index (χ3v) is 4.69. The van der Waals surface area contributed by atoms with Crippen LogP contribution in [0.25, 0.3) is 0 Å². The summed E-state index contributed by atoms with van der Waals surface area (Å²) in [5, 5.41) is -0.311. The average Bonchev–Trinajstić information content (AvgIpc) is 2.70. The quantitative estimate of drug-likeness (QED) is 0.781. The van der Waals surface area contributed by atoms with Crippen molar-refractivity contribution in [1.82, 2.24) is 0 Å². The van der Waals surface area contributed by atoms with Crippen LogP contribution in [-0.4, -0.2) is 35.2 Å². The van der Waals surface area contributed by atoms with E-state index in [9.17, 15) is 9.00 Å². The van der Waals surface area contributed by atoms with Crippen molar-refractivity contribution in [3.05, 3.63) is 18.2 Å². The van der Waals surface area contributed by atoms with Crippen molar-refractivity contribution in [2.24, 2.45) is 0 Å². The van der Waals surface area contributed by atoms with Gasteiger partial charge in [0, 0.05) is 22.6 Å². The van der Waals surface area contributed by atoms with Crippen LogP contribution in [0.3, 0.4) is 0 Å². The highest BCUT2D eigenvalue weighted by atomic mass is 32.2. The molecule has 1 aliphatic rings. The molecule has 1 aromatic carbocycles. The molecule has 21 heavy (non-hydrogen) atoms. The molecule has 0 fully saturated rings. The second-order valence-corrected chi connectivity index (χ2v) is 6.65. The Morgan fingerprint density at radius 3 is 2.76 bits per heavy atom. The summed E-state index contributed by atoms with van der Waals surface area (Å²) in [7, 11) is -1.29. The van der Waals surface area contributed by atoms with Crippen LogP contribution in [0.1, 0.15) is 26.7 Å². The van der Waals surface area contributed by atoms with Gasteiger partial charge in [0.15, 0.2) is 11.5 Å². The Bertz CT molecular complexity index is 529. The van der Waals surface area contributed by atoms with Gasteiger partial charge in [-0.25, -0.2) is 0 Å². The summed E-state index contributed by atoms with van der Waals surface area (Å²) >= 11 is 0. The maximum atomic E-state index is 12.5. The van der Waals surface area contributed by atoms with Gasteiger partial charge in [-0.2, -0.15) is 0 Å². The van der Waals surface area contributed by atoms with E-state index >= 15 is 0 Å². The van der Waals surface area contributed by atoms with E-state index in [2.05, 4.69) is 0 Å². The van der Waals surface area contributed by atoms with E-state index in [0.717, 1.165) is 6.42 Å². The Balaban J connectivity index is 2.08. The predicted octanol–water partition coefficient (Wildman–Crippen LogP) is 2.30. The molecule has 1 aliphatic heterocycles. The van der Waals surface area contributed by atoms with E-state index in [1.807, 2.05) is 0 Å². The lowest BCUT2D eigenvalue weighted by Crippen LogP contribution is -2.18. The number of hydrogen-bond acceptors (Lipinski definition) is 5. The minimum Gasteiger partial charge on any atom is -0.490 e. The summed E-state index contributed by atoms with van der Waals surface area (Å²) in [5.74, 6) is 0.959. The zero-order chi connectivity index (χ0) is 15.2. The van der Waals surface area contributed by atoms with Gasteiger partial charge in [-0.15, -0.1) is 0 Å². The van der Waals surface area contributed by atoms with Crippen molar-refractivity contribution in [3.63, 3.8) is 0 Å². The fraction of sp³-hybridized carbons (Fsp3) is 0.533. The van der Waals surface area contributed by atoms with Crippen LogP contribution in [0.4, 0.5) is 0 Å². The molecule has 0 saturated heterocycles. The molecule has 1 aromatic rings. The highest BCUT2D eigenvalue weighted by molar-refractivity contribution is 7.85. The lowest BCUT2D eigenvalue weighted by molar-refractivity contribution is -0.143. The van der Waals surface area contributed by atoms with Gasteiger partial charge in [0.2, 0.25) is 0 Å². The Morgan fingerprint density at radius 2 is 2.05 bits per heavy atom. The summed E-state index contributed by atoms with van der Waals surface area (Å²) in [4.78, 5) is 12.1. The first-order valence-electron chi connectivity index (χ1n) is 7.07. The van der Waals surface area contributed by atoms with Gasteiger partial charge in [0.05, 0.1) is 37.0 Å². The predicted molar refractivity (Wildman–Crippen MR) is 79.2 cm³/mol. The fourth-order valence-corrected chi connectivity index (χ4v) is 3.21. The molecule has 0 aromatic heterocycles. The number of hydrogen-bond donors (Lipinski definition) is 0. The van der Waals surface area contributed by atoms with Gasteiger partial charge in [0.25, 0.3) is 0 Å². The first-order chi connectivity index (χ1) is 10.1. The monoisotopic (exact) mass is 312 g/mol. The molecule has 0 aliphatic carbocycles. The van der Waals surface area contributed by atoms with E-state index in [0.29, 0.717) is 36.2 Å². The summed E-state index contributed by atoms with van der Waals surface area (Å²) < 4.78 is 28.5. The lowest BCUT2D eigenvalue weighted by Gasteiger charge is -2.13. The van der Waals surface area contributed by atoms with Crippen molar-refractivity contribution in [2.45, 2.75) is 36.8 Å². The largest absolute Gasteiger partial charge is 0.490 e. The Hall–Kier alpha value is -1.56. The number of carbonyl (C=O) groups is 1. The topological polar surface area (TPSA) is 61.8 Å². The standard InChI is InChI=1S/C15H20O5S/c1-3-18-15(16)9-11(2)21(17)12-5-6-13-14(10-12)20-8-4-7-19-13/h5-6,10-11H,3-4,7-9H2,1-2H3. The molecular formula is C15H20O5S. The number of benzene rings is 1. The molecule has 0 bridgehead atoms. The summed E-state index contributed by atoms with van der Waals surface area (Å²) in [6, 6.07) is 5.26. The second-order valence-electron chi connectivity index (χ2n) is 4.78. The zero-order valence-electron chi connectivity index (χ0n) is 12.3. The molecule has 0 saturated carbocycles. The van der Waals surface area contributed by atoms with Crippen LogP contribution < -0.4 is 9.47 Å². The molecular weight excluding hydrogens is 292 g/mol. The van der Waals surface area contributed by atoms with Crippen LogP contribution in [-0.2, 0) is 20.3 Å². The Labute approximate surface area is 127 Å². The first-order valence-corrected chi connectivity index (χ1v) is 8.29. The van der Waals surface area contributed by atoms with Gasteiger partial charge in [-0.1, -0.05) is 0 Å². The Morgan fingerprint density at radius 1 is 1.33 bits per heavy atom. The van der Waals surface area contributed by atoms with Gasteiger partial charge in [-0.3, -0.25) is 9.00 Å². The number of carbonyl (C=O) groups excluding carboxylic acids is 1. The van der Waals surface area contributed by atoms with Crippen molar-refractivity contribution in [2.75, 3.05) is 19.8 Å². The van der Waals surface area contributed by atoms with Gasteiger partial charge in [0.1, 0.15) is 0 Å². The summed E-state index contributed by atoms with van der Waals surface area (Å²) in [5.41, 5.74) is 0. The fourth-order valence-electron chi connectivity index (χ4n) is 2.03. The van der Waals surface area contributed by atoms with Crippen LogP contribution >= 0.6 is 0 Å². The number of fused-ring (bicyclic) bond motifs is 1. The molecule has 1 heterocycles. The van der Waals surface area contributed by atoms with Crippen molar-refractivity contribution < 1.29 is 23.2 Å². The van der Waals surface area contributed by atoms with Crippen LogP contribution in [0, 0.1) is 0 Å². The average molecular weight is 312 g/mol. The molecule has 0 radical (unpaired) electrons. The third-order valence-electron chi connectivity index (χ3n) is 3.08. The van der Waals surface area contributed by atoms with E-state index in [4.69, 9.17) is 14.2 Å². The minimum absolute atomic E-state index is 0.134. The number of ether oxygens (including phenoxy) is 3. The van der Waals surface area contributed by atoms with E-state index in [1.165, 1.54) is 0 Å². The number of rotatable bonds is 5. The normalized spacial score (nSPS) is 16.7. The van der Waals surface area contributed by atoms with Crippen LogP contribution in [0.15, 0.2) is 23.1 Å².